The lowest BCUT2D eigenvalue weighted by Gasteiger charge is -2.17. The molecule has 1 aliphatic rings. The number of carbonyl (C=O) groups is 1. The van der Waals surface area contributed by atoms with E-state index in [1.807, 2.05) is 6.08 Å². The molecule has 108 valence electrons. The number of methoxy groups -OCH3 is 1. The molecule has 0 saturated carbocycles. The maximum absolute atomic E-state index is 11.5. The van der Waals surface area contributed by atoms with Gasteiger partial charge in [-0.2, -0.15) is 0 Å². The lowest BCUT2D eigenvalue weighted by atomic mass is 9.99. The number of aryl methyl sites for hydroxylation is 2. The normalized spacial score (nSPS) is 14.7. The summed E-state index contributed by atoms with van der Waals surface area (Å²) in [5.74, 6) is -0.173. The van der Waals surface area contributed by atoms with E-state index < -0.39 is 0 Å². The van der Waals surface area contributed by atoms with Crippen molar-refractivity contribution in [2.75, 3.05) is 13.7 Å². The highest BCUT2D eigenvalue weighted by atomic mass is 16.5. The summed E-state index contributed by atoms with van der Waals surface area (Å²) in [6.45, 7) is 4.41. The summed E-state index contributed by atoms with van der Waals surface area (Å²) >= 11 is 0. The third kappa shape index (κ3) is 3.94. The number of carbonyl (C=O) groups excluding carboxylic acids is 1. The third-order valence-corrected chi connectivity index (χ3v) is 3.84. The van der Waals surface area contributed by atoms with E-state index in [1.54, 1.807) is 0 Å². The van der Waals surface area contributed by atoms with Crippen LogP contribution in [-0.4, -0.2) is 25.7 Å². The van der Waals surface area contributed by atoms with E-state index >= 15 is 0 Å². The number of hydrogen-bond donors (Lipinski definition) is 1. The molecular formula is C17H23NO2. The second kappa shape index (κ2) is 7.25. The van der Waals surface area contributed by atoms with Crippen LogP contribution in [0.25, 0.3) is 0 Å². The standard InChI is InChI=1S/C17H23NO2/c1-3-9-18-16(12-17(19)20-2)11-13-7-8-14-5-4-6-15(14)10-13/h3,7-8,10,16,18H,1,4-6,9,11-12H2,2H3. The Hall–Kier alpha value is -1.61. The summed E-state index contributed by atoms with van der Waals surface area (Å²) in [5, 5.41) is 3.33. The van der Waals surface area contributed by atoms with Gasteiger partial charge in [0.25, 0.3) is 0 Å². The Kier molecular flexibility index (Phi) is 5.36. The van der Waals surface area contributed by atoms with Crippen LogP contribution in [0.1, 0.15) is 29.5 Å². The summed E-state index contributed by atoms with van der Waals surface area (Å²) in [4.78, 5) is 11.5. The van der Waals surface area contributed by atoms with Crippen LogP contribution in [0.3, 0.4) is 0 Å². The van der Waals surface area contributed by atoms with Crippen molar-refractivity contribution in [1.29, 1.82) is 0 Å². The Labute approximate surface area is 121 Å². The van der Waals surface area contributed by atoms with Crippen LogP contribution in [0.5, 0.6) is 0 Å². The molecule has 1 N–H and O–H groups in total. The van der Waals surface area contributed by atoms with Crippen molar-refractivity contribution in [3.05, 3.63) is 47.5 Å². The maximum atomic E-state index is 11.5. The number of benzene rings is 1. The van der Waals surface area contributed by atoms with Gasteiger partial charge in [-0.1, -0.05) is 24.3 Å². The van der Waals surface area contributed by atoms with Gasteiger partial charge in [0.15, 0.2) is 0 Å². The fourth-order valence-electron chi connectivity index (χ4n) is 2.79. The molecule has 0 amide bonds. The van der Waals surface area contributed by atoms with E-state index in [0.29, 0.717) is 13.0 Å². The molecule has 2 rings (SSSR count). The lowest BCUT2D eigenvalue weighted by molar-refractivity contribution is -0.141. The van der Waals surface area contributed by atoms with Crippen molar-refractivity contribution in [2.24, 2.45) is 0 Å². The summed E-state index contributed by atoms with van der Waals surface area (Å²) < 4.78 is 4.77. The minimum absolute atomic E-state index is 0.0971. The zero-order valence-corrected chi connectivity index (χ0v) is 12.2. The van der Waals surface area contributed by atoms with E-state index in [2.05, 4.69) is 30.1 Å². The molecule has 0 aliphatic heterocycles. The smallest absolute Gasteiger partial charge is 0.307 e. The van der Waals surface area contributed by atoms with E-state index in [1.165, 1.54) is 43.1 Å². The Balaban J connectivity index is 2.02. The number of ether oxygens (including phenoxy) is 1. The fourth-order valence-corrected chi connectivity index (χ4v) is 2.79. The number of esters is 1. The highest BCUT2D eigenvalue weighted by molar-refractivity contribution is 5.70. The topological polar surface area (TPSA) is 38.3 Å². The zero-order valence-electron chi connectivity index (χ0n) is 12.2. The lowest BCUT2D eigenvalue weighted by Crippen LogP contribution is -2.33. The Morgan fingerprint density at radius 1 is 1.45 bits per heavy atom. The Morgan fingerprint density at radius 2 is 2.25 bits per heavy atom. The van der Waals surface area contributed by atoms with Crippen molar-refractivity contribution < 1.29 is 9.53 Å². The van der Waals surface area contributed by atoms with Crippen LogP contribution >= 0.6 is 0 Å². The number of rotatable bonds is 7. The van der Waals surface area contributed by atoms with Crippen molar-refractivity contribution in [2.45, 2.75) is 38.1 Å². The van der Waals surface area contributed by atoms with Gasteiger partial charge in [0.05, 0.1) is 13.5 Å². The third-order valence-electron chi connectivity index (χ3n) is 3.84. The van der Waals surface area contributed by atoms with Crippen molar-refractivity contribution in [3.8, 4) is 0 Å². The summed E-state index contributed by atoms with van der Waals surface area (Å²) in [7, 11) is 1.43. The molecule has 0 fully saturated rings. The summed E-state index contributed by atoms with van der Waals surface area (Å²) in [6.07, 6.45) is 6.70. The van der Waals surface area contributed by atoms with Gasteiger partial charge in [0, 0.05) is 12.6 Å². The highest BCUT2D eigenvalue weighted by Crippen LogP contribution is 2.23. The quantitative estimate of drug-likeness (QED) is 0.612. The van der Waals surface area contributed by atoms with Gasteiger partial charge >= 0.3 is 5.97 Å². The molecule has 0 aromatic heterocycles. The molecule has 0 heterocycles. The van der Waals surface area contributed by atoms with Gasteiger partial charge < -0.3 is 10.1 Å². The van der Waals surface area contributed by atoms with Crippen LogP contribution in [0.4, 0.5) is 0 Å². The summed E-state index contributed by atoms with van der Waals surface area (Å²) in [6, 6.07) is 6.81. The molecule has 0 saturated heterocycles. The molecule has 20 heavy (non-hydrogen) atoms. The minimum atomic E-state index is -0.173. The first kappa shape index (κ1) is 14.8. The molecule has 3 heteroatoms. The molecule has 1 aromatic carbocycles. The Bertz CT molecular complexity index is 482. The van der Waals surface area contributed by atoms with E-state index in [-0.39, 0.29) is 12.0 Å². The second-order valence-corrected chi connectivity index (χ2v) is 5.33. The Morgan fingerprint density at radius 3 is 3.00 bits per heavy atom. The first-order chi connectivity index (χ1) is 9.72. The average Bonchev–Trinajstić information content (AvgIpc) is 2.92. The molecule has 0 spiro atoms. The number of fused-ring (bicyclic) bond motifs is 1. The fraction of sp³-hybridized carbons (Fsp3) is 0.471. The largest absolute Gasteiger partial charge is 0.469 e. The predicted molar refractivity (Wildman–Crippen MR) is 80.8 cm³/mol. The number of nitrogens with one attached hydrogen (secondary N) is 1. The SMILES string of the molecule is C=CCNC(CC(=O)OC)Cc1ccc2c(c1)CCC2. The van der Waals surface area contributed by atoms with Crippen molar-refractivity contribution >= 4 is 5.97 Å². The maximum Gasteiger partial charge on any atom is 0.307 e. The molecule has 0 radical (unpaired) electrons. The zero-order chi connectivity index (χ0) is 14.4. The first-order valence-corrected chi connectivity index (χ1v) is 7.24. The van der Waals surface area contributed by atoms with Gasteiger partial charge in [-0.25, -0.2) is 0 Å². The van der Waals surface area contributed by atoms with E-state index in [9.17, 15) is 4.79 Å². The molecule has 3 nitrogen and oxygen atoms in total. The first-order valence-electron chi connectivity index (χ1n) is 7.24. The van der Waals surface area contributed by atoms with E-state index in [4.69, 9.17) is 4.74 Å². The molecular weight excluding hydrogens is 250 g/mol. The van der Waals surface area contributed by atoms with Crippen LogP contribution in [-0.2, 0) is 28.8 Å². The number of hydrogen-bond acceptors (Lipinski definition) is 3. The van der Waals surface area contributed by atoms with Crippen LogP contribution in [0, 0.1) is 0 Å². The van der Waals surface area contributed by atoms with Gasteiger partial charge in [0.1, 0.15) is 0 Å². The van der Waals surface area contributed by atoms with Crippen LogP contribution < -0.4 is 5.32 Å². The van der Waals surface area contributed by atoms with E-state index in [0.717, 1.165) is 6.42 Å². The van der Waals surface area contributed by atoms with Crippen molar-refractivity contribution in [3.63, 3.8) is 0 Å². The van der Waals surface area contributed by atoms with Gasteiger partial charge in [-0.15, -0.1) is 6.58 Å². The molecule has 1 unspecified atom stereocenters. The predicted octanol–water partition coefficient (Wildman–Crippen LogP) is 2.43. The van der Waals surface area contributed by atoms with Gasteiger partial charge in [-0.05, 0) is 42.4 Å². The molecule has 1 aliphatic carbocycles. The van der Waals surface area contributed by atoms with Crippen LogP contribution in [0.2, 0.25) is 0 Å². The van der Waals surface area contributed by atoms with Gasteiger partial charge in [0.2, 0.25) is 0 Å². The monoisotopic (exact) mass is 273 g/mol. The van der Waals surface area contributed by atoms with Crippen molar-refractivity contribution in [1.82, 2.24) is 5.32 Å². The van der Waals surface area contributed by atoms with Gasteiger partial charge in [-0.3, -0.25) is 4.79 Å². The minimum Gasteiger partial charge on any atom is -0.469 e. The van der Waals surface area contributed by atoms with Crippen LogP contribution in [0.15, 0.2) is 30.9 Å². The molecule has 1 aromatic rings. The average molecular weight is 273 g/mol. The second-order valence-electron chi connectivity index (χ2n) is 5.33. The summed E-state index contributed by atoms with van der Waals surface area (Å²) in [5.41, 5.74) is 4.25. The molecule has 0 bridgehead atoms. The molecule has 1 atom stereocenters. The highest BCUT2D eigenvalue weighted by Gasteiger charge is 2.16.